The monoisotopic (exact) mass is 459 g/mol. The number of ether oxygens (including phenoxy) is 2. The molecule has 2 aromatic carbocycles. The molecule has 7 nitrogen and oxygen atoms in total. The van der Waals surface area contributed by atoms with E-state index in [9.17, 15) is 4.79 Å². The lowest BCUT2D eigenvalue weighted by Crippen LogP contribution is -2.47. The van der Waals surface area contributed by atoms with E-state index < -0.39 is 5.79 Å². The van der Waals surface area contributed by atoms with Crippen molar-refractivity contribution in [3.63, 3.8) is 0 Å². The smallest absolute Gasteiger partial charge is 0.253 e. The summed E-state index contributed by atoms with van der Waals surface area (Å²) in [5, 5.41) is 0. The molecule has 176 valence electrons. The molecule has 0 unspecified atom stereocenters. The second-order valence-corrected chi connectivity index (χ2v) is 9.30. The fourth-order valence-electron chi connectivity index (χ4n) is 5.22. The van der Waals surface area contributed by atoms with E-state index in [1.165, 1.54) is 11.3 Å². The molecule has 0 bridgehead atoms. The first-order chi connectivity index (χ1) is 16.6. The molecule has 2 saturated heterocycles. The topological polar surface area (TPSA) is 68.0 Å². The summed E-state index contributed by atoms with van der Waals surface area (Å²) < 4.78 is 17.5. The zero-order chi connectivity index (χ0) is 23.1. The van der Waals surface area contributed by atoms with Crippen LogP contribution < -0.4 is 4.90 Å². The number of benzene rings is 2. The molecule has 0 aliphatic carbocycles. The van der Waals surface area contributed by atoms with E-state index in [0.29, 0.717) is 37.8 Å². The van der Waals surface area contributed by atoms with Crippen LogP contribution in [0.1, 0.15) is 40.2 Å². The lowest BCUT2D eigenvalue weighted by molar-refractivity contribution is -0.181. The lowest BCUT2D eigenvalue weighted by atomic mass is 10.0. The highest BCUT2D eigenvalue weighted by Gasteiger charge is 2.40. The van der Waals surface area contributed by atoms with Crippen molar-refractivity contribution in [2.24, 2.45) is 0 Å². The van der Waals surface area contributed by atoms with Crippen LogP contribution in [-0.2, 0) is 22.4 Å². The Hall–Kier alpha value is -3.16. The number of oxazole rings is 1. The van der Waals surface area contributed by atoms with Crippen molar-refractivity contribution in [1.82, 2.24) is 9.88 Å². The lowest BCUT2D eigenvalue weighted by Gasteiger charge is -2.37. The summed E-state index contributed by atoms with van der Waals surface area (Å²) >= 11 is 0. The number of carbonyl (C=O) groups excluding carboxylic acids is 1. The number of anilines is 1. The summed E-state index contributed by atoms with van der Waals surface area (Å²) in [6.07, 6.45) is 2.50. The summed E-state index contributed by atoms with van der Waals surface area (Å²) in [6.45, 7) is 6.25. The predicted octanol–water partition coefficient (Wildman–Crippen LogP) is 4.19. The van der Waals surface area contributed by atoms with Crippen LogP contribution in [0.4, 0.5) is 5.69 Å². The van der Waals surface area contributed by atoms with E-state index >= 15 is 0 Å². The summed E-state index contributed by atoms with van der Waals surface area (Å²) in [5.41, 5.74) is 5.16. The number of aryl methyl sites for hydroxylation is 1. The van der Waals surface area contributed by atoms with Crippen molar-refractivity contribution in [1.29, 1.82) is 0 Å². The number of fused-ring (bicyclic) bond motifs is 1. The number of carbonyl (C=O) groups is 1. The minimum atomic E-state index is -0.474. The molecule has 0 radical (unpaired) electrons. The molecule has 0 atom stereocenters. The molecule has 34 heavy (non-hydrogen) atoms. The Kier molecular flexibility index (Phi) is 5.38. The molecule has 2 fully saturated rings. The molecule has 6 rings (SSSR count). The Morgan fingerprint density at radius 2 is 1.74 bits per heavy atom. The van der Waals surface area contributed by atoms with Crippen LogP contribution in [0.25, 0.3) is 11.5 Å². The van der Waals surface area contributed by atoms with Crippen molar-refractivity contribution in [3.05, 3.63) is 71.1 Å². The van der Waals surface area contributed by atoms with Crippen LogP contribution in [0, 0.1) is 6.92 Å². The highest BCUT2D eigenvalue weighted by Crippen LogP contribution is 2.33. The van der Waals surface area contributed by atoms with E-state index in [-0.39, 0.29) is 5.91 Å². The molecule has 0 N–H and O–H groups in total. The van der Waals surface area contributed by atoms with Gasteiger partial charge in [-0.1, -0.05) is 18.2 Å². The number of hydrogen-bond donors (Lipinski definition) is 0. The van der Waals surface area contributed by atoms with E-state index in [1.54, 1.807) is 0 Å². The second kappa shape index (κ2) is 8.56. The average molecular weight is 460 g/mol. The van der Waals surface area contributed by atoms with E-state index in [4.69, 9.17) is 18.9 Å². The molecule has 3 aromatic rings. The van der Waals surface area contributed by atoms with Gasteiger partial charge in [0.2, 0.25) is 5.89 Å². The van der Waals surface area contributed by atoms with Crippen LogP contribution in [0.15, 0.2) is 52.9 Å². The SMILES string of the molecule is Cc1oc(-c2ccc(C(=O)N3CCC4(CC3)OCCO4)cc2)nc1CN1CCc2ccccc21. The van der Waals surface area contributed by atoms with E-state index in [0.717, 1.165) is 49.4 Å². The first kappa shape index (κ1) is 21.4. The maximum absolute atomic E-state index is 13.0. The third-order valence-electron chi connectivity index (χ3n) is 7.22. The van der Waals surface area contributed by atoms with Crippen LogP contribution in [-0.4, -0.2) is 54.4 Å². The number of para-hydroxylation sites is 1. The van der Waals surface area contributed by atoms with Gasteiger partial charge in [0.25, 0.3) is 5.91 Å². The number of aromatic nitrogens is 1. The number of nitrogens with zero attached hydrogens (tertiary/aromatic N) is 3. The van der Waals surface area contributed by atoms with Gasteiger partial charge in [-0.2, -0.15) is 0 Å². The quantitative estimate of drug-likeness (QED) is 0.583. The van der Waals surface area contributed by atoms with Gasteiger partial charge in [0, 0.05) is 49.3 Å². The molecule has 1 amide bonds. The van der Waals surface area contributed by atoms with Gasteiger partial charge in [-0.15, -0.1) is 0 Å². The van der Waals surface area contributed by atoms with E-state index in [1.807, 2.05) is 36.1 Å². The highest BCUT2D eigenvalue weighted by molar-refractivity contribution is 5.94. The minimum absolute atomic E-state index is 0.0383. The van der Waals surface area contributed by atoms with Gasteiger partial charge < -0.3 is 23.7 Å². The van der Waals surface area contributed by atoms with Crippen LogP contribution in [0.2, 0.25) is 0 Å². The van der Waals surface area contributed by atoms with Crippen molar-refractivity contribution in [3.8, 4) is 11.5 Å². The molecular weight excluding hydrogens is 430 g/mol. The van der Waals surface area contributed by atoms with Gasteiger partial charge in [0.15, 0.2) is 5.79 Å². The fourth-order valence-corrected chi connectivity index (χ4v) is 5.22. The molecular formula is C27H29N3O4. The van der Waals surface area contributed by atoms with Gasteiger partial charge in [-0.05, 0) is 49.2 Å². The summed E-state index contributed by atoms with van der Waals surface area (Å²) in [7, 11) is 0. The number of amides is 1. The Morgan fingerprint density at radius 3 is 2.50 bits per heavy atom. The van der Waals surface area contributed by atoms with Crippen molar-refractivity contribution < 1.29 is 18.7 Å². The van der Waals surface area contributed by atoms with Gasteiger partial charge in [-0.3, -0.25) is 4.79 Å². The van der Waals surface area contributed by atoms with Crippen molar-refractivity contribution in [2.75, 3.05) is 37.7 Å². The molecule has 3 aliphatic rings. The normalized spacial score (nSPS) is 19.1. The molecule has 1 aromatic heterocycles. The van der Waals surface area contributed by atoms with Gasteiger partial charge in [0.1, 0.15) is 11.5 Å². The number of hydrogen-bond acceptors (Lipinski definition) is 6. The maximum atomic E-state index is 13.0. The number of piperidine rings is 1. The Labute approximate surface area is 199 Å². The highest BCUT2D eigenvalue weighted by atomic mass is 16.7. The Bertz CT molecular complexity index is 1190. The molecule has 7 heteroatoms. The van der Waals surface area contributed by atoms with Gasteiger partial charge in [0.05, 0.1) is 19.8 Å². The van der Waals surface area contributed by atoms with Crippen LogP contribution >= 0.6 is 0 Å². The Balaban J connectivity index is 1.13. The second-order valence-electron chi connectivity index (χ2n) is 9.30. The van der Waals surface area contributed by atoms with Crippen molar-refractivity contribution in [2.45, 2.75) is 38.5 Å². The summed E-state index contributed by atoms with van der Waals surface area (Å²) in [4.78, 5) is 22.0. The fraction of sp³-hybridized carbons (Fsp3) is 0.407. The molecule has 0 saturated carbocycles. The largest absolute Gasteiger partial charge is 0.441 e. The number of rotatable bonds is 4. The third-order valence-corrected chi connectivity index (χ3v) is 7.22. The third kappa shape index (κ3) is 3.89. The van der Waals surface area contributed by atoms with Crippen molar-refractivity contribution >= 4 is 11.6 Å². The standard InChI is InChI=1S/C27H29N3O4/c1-19-23(18-30-13-10-20-4-2-3-5-24(20)30)28-25(34-19)21-6-8-22(9-7-21)26(31)29-14-11-27(12-15-29)32-16-17-33-27/h2-9H,10-18H2,1H3. The minimum Gasteiger partial charge on any atom is -0.441 e. The average Bonchev–Trinajstić information content (AvgIpc) is 3.60. The molecule has 4 heterocycles. The van der Waals surface area contributed by atoms with Gasteiger partial charge >= 0.3 is 0 Å². The summed E-state index contributed by atoms with van der Waals surface area (Å²) in [6, 6.07) is 16.1. The predicted molar refractivity (Wildman–Crippen MR) is 128 cm³/mol. The zero-order valence-corrected chi connectivity index (χ0v) is 19.5. The first-order valence-electron chi connectivity index (χ1n) is 12.1. The molecule has 1 spiro atoms. The zero-order valence-electron chi connectivity index (χ0n) is 19.5. The van der Waals surface area contributed by atoms with Crippen LogP contribution in [0.5, 0.6) is 0 Å². The first-order valence-corrected chi connectivity index (χ1v) is 12.1. The van der Waals surface area contributed by atoms with Gasteiger partial charge in [-0.25, -0.2) is 4.98 Å². The molecule has 3 aliphatic heterocycles. The summed E-state index contributed by atoms with van der Waals surface area (Å²) in [5.74, 6) is 0.988. The maximum Gasteiger partial charge on any atom is 0.253 e. The number of likely N-dealkylation sites (tertiary alicyclic amines) is 1. The van der Waals surface area contributed by atoms with E-state index in [2.05, 4.69) is 29.2 Å². The Morgan fingerprint density at radius 1 is 1.00 bits per heavy atom. The van der Waals surface area contributed by atoms with Crippen LogP contribution in [0.3, 0.4) is 0 Å².